The summed E-state index contributed by atoms with van der Waals surface area (Å²) >= 11 is 4.87. The van der Waals surface area contributed by atoms with Gasteiger partial charge in [0.25, 0.3) is 0 Å². The molecule has 0 aliphatic heterocycles. The molecule has 0 atom stereocenters. The van der Waals surface area contributed by atoms with Gasteiger partial charge in [-0.05, 0) is 46.7 Å². The lowest BCUT2D eigenvalue weighted by Gasteiger charge is -2.08. The molecule has 0 spiro atoms. The van der Waals surface area contributed by atoms with E-state index in [1.807, 2.05) is 26.0 Å². The number of nitrogen functional groups attached to an aromatic ring is 1. The third-order valence-corrected chi connectivity index (χ3v) is 3.91. The van der Waals surface area contributed by atoms with Crippen LogP contribution in [-0.4, -0.2) is 15.0 Å². The van der Waals surface area contributed by atoms with E-state index in [9.17, 15) is 0 Å². The van der Waals surface area contributed by atoms with Crippen molar-refractivity contribution in [1.29, 1.82) is 0 Å². The summed E-state index contributed by atoms with van der Waals surface area (Å²) in [4.78, 5) is 13.0. The van der Waals surface area contributed by atoms with Gasteiger partial charge in [-0.1, -0.05) is 6.92 Å². The van der Waals surface area contributed by atoms with Crippen molar-refractivity contribution in [3.05, 3.63) is 34.2 Å². The highest BCUT2D eigenvalue weighted by Gasteiger charge is 2.10. The average molecular weight is 325 g/mol. The molecule has 6 heteroatoms. The van der Waals surface area contributed by atoms with Gasteiger partial charge in [0.15, 0.2) is 0 Å². The van der Waals surface area contributed by atoms with Gasteiger partial charge in [0.05, 0.1) is 0 Å². The van der Waals surface area contributed by atoms with E-state index < -0.39 is 0 Å². The first kappa shape index (κ1) is 13.3. The Hall–Kier alpha value is -1.14. The number of hydrogen-bond acceptors (Lipinski definition) is 5. The highest BCUT2D eigenvalue weighted by atomic mass is 79.9. The molecule has 2 aromatic heterocycles. The van der Waals surface area contributed by atoms with Crippen molar-refractivity contribution >= 4 is 33.5 Å². The van der Waals surface area contributed by atoms with Crippen LogP contribution < -0.4 is 5.73 Å². The van der Waals surface area contributed by atoms with Crippen LogP contribution in [0.3, 0.4) is 0 Å². The summed E-state index contributed by atoms with van der Waals surface area (Å²) in [5, 5.41) is 1.76. The van der Waals surface area contributed by atoms with Gasteiger partial charge >= 0.3 is 0 Å². The lowest BCUT2D eigenvalue weighted by Crippen LogP contribution is -2.03. The number of nitrogens with zero attached hydrogens (tertiary/aromatic N) is 3. The smallest absolute Gasteiger partial charge is 0.131 e. The molecule has 94 valence electrons. The number of pyridine rings is 1. The standard InChI is InChI=1S/C12H13BrN4S/c1-3-9-16-11(14)7(2)12(17-9)18-10-5-4-8(13)6-15-10/h4-6H,3H2,1-2H3,(H2,14,16,17). The molecular formula is C12H13BrN4S. The maximum absolute atomic E-state index is 5.88. The summed E-state index contributed by atoms with van der Waals surface area (Å²) < 4.78 is 0.958. The van der Waals surface area contributed by atoms with Gasteiger partial charge in [-0.25, -0.2) is 15.0 Å². The maximum atomic E-state index is 5.88. The van der Waals surface area contributed by atoms with Crippen molar-refractivity contribution < 1.29 is 0 Å². The molecule has 2 aromatic rings. The molecule has 0 bridgehead atoms. The molecule has 2 heterocycles. The number of aryl methyl sites for hydroxylation is 1. The van der Waals surface area contributed by atoms with E-state index in [1.165, 1.54) is 11.8 Å². The minimum atomic E-state index is 0.543. The van der Waals surface area contributed by atoms with Crippen LogP contribution in [0.4, 0.5) is 5.82 Å². The first-order chi connectivity index (χ1) is 8.60. The SMILES string of the molecule is CCc1nc(N)c(C)c(Sc2ccc(Br)cn2)n1. The van der Waals surface area contributed by atoms with Crippen LogP contribution in [0.2, 0.25) is 0 Å². The number of anilines is 1. The summed E-state index contributed by atoms with van der Waals surface area (Å²) in [5.41, 5.74) is 6.79. The second kappa shape index (κ2) is 5.67. The fraction of sp³-hybridized carbons (Fsp3) is 0.250. The Morgan fingerprint density at radius 2 is 2.11 bits per heavy atom. The highest BCUT2D eigenvalue weighted by Crippen LogP contribution is 2.29. The minimum absolute atomic E-state index is 0.543. The zero-order valence-corrected chi connectivity index (χ0v) is 12.5. The number of rotatable bonds is 3. The van der Waals surface area contributed by atoms with Gasteiger partial charge in [-0.15, -0.1) is 0 Å². The maximum Gasteiger partial charge on any atom is 0.131 e. The van der Waals surface area contributed by atoms with Crippen molar-refractivity contribution in [1.82, 2.24) is 15.0 Å². The van der Waals surface area contributed by atoms with E-state index >= 15 is 0 Å². The number of hydrogen-bond donors (Lipinski definition) is 1. The molecule has 2 N–H and O–H groups in total. The van der Waals surface area contributed by atoms with Crippen LogP contribution in [0.15, 0.2) is 32.9 Å². The van der Waals surface area contributed by atoms with E-state index in [-0.39, 0.29) is 0 Å². The normalized spacial score (nSPS) is 10.6. The molecule has 0 saturated carbocycles. The third kappa shape index (κ3) is 3.00. The lowest BCUT2D eigenvalue weighted by molar-refractivity contribution is 0.877. The predicted molar refractivity (Wildman–Crippen MR) is 76.6 cm³/mol. The molecule has 0 radical (unpaired) electrons. The first-order valence-corrected chi connectivity index (χ1v) is 7.13. The van der Waals surface area contributed by atoms with Gasteiger partial charge < -0.3 is 5.73 Å². The molecule has 2 rings (SSSR count). The zero-order valence-electron chi connectivity index (χ0n) is 10.1. The molecule has 0 fully saturated rings. The molecule has 0 unspecified atom stereocenters. The van der Waals surface area contributed by atoms with E-state index in [0.29, 0.717) is 5.82 Å². The Morgan fingerprint density at radius 1 is 1.33 bits per heavy atom. The van der Waals surface area contributed by atoms with Gasteiger partial charge in [0.1, 0.15) is 21.7 Å². The summed E-state index contributed by atoms with van der Waals surface area (Å²) in [6.07, 6.45) is 2.54. The molecule has 0 aliphatic carbocycles. The van der Waals surface area contributed by atoms with E-state index in [4.69, 9.17) is 5.73 Å². The fourth-order valence-corrected chi connectivity index (χ4v) is 2.42. The zero-order chi connectivity index (χ0) is 13.1. The molecule has 18 heavy (non-hydrogen) atoms. The van der Waals surface area contributed by atoms with Crippen molar-refractivity contribution in [2.24, 2.45) is 0 Å². The molecule has 0 aliphatic rings. The van der Waals surface area contributed by atoms with Gasteiger partial charge in [-0.2, -0.15) is 0 Å². The largest absolute Gasteiger partial charge is 0.383 e. The summed E-state index contributed by atoms with van der Waals surface area (Å²) in [7, 11) is 0. The lowest BCUT2D eigenvalue weighted by atomic mass is 10.3. The molecule has 4 nitrogen and oxygen atoms in total. The van der Waals surface area contributed by atoms with Crippen molar-refractivity contribution in [3.63, 3.8) is 0 Å². The minimum Gasteiger partial charge on any atom is -0.383 e. The van der Waals surface area contributed by atoms with E-state index in [2.05, 4.69) is 30.9 Å². The van der Waals surface area contributed by atoms with E-state index in [1.54, 1.807) is 6.20 Å². The van der Waals surface area contributed by atoms with Gasteiger partial charge in [0, 0.05) is 22.7 Å². The number of aromatic nitrogens is 3. The van der Waals surface area contributed by atoms with Crippen molar-refractivity contribution in [3.8, 4) is 0 Å². The van der Waals surface area contributed by atoms with Crippen LogP contribution in [-0.2, 0) is 6.42 Å². The second-order valence-electron chi connectivity index (χ2n) is 3.73. The fourth-order valence-electron chi connectivity index (χ4n) is 1.34. The van der Waals surface area contributed by atoms with Gasteiger partial charge in [0.2, 0.25) is 0 Å². The monoisotopic (exact) mass is 324 g/mol. The van der Waals surface area contributed by atoms with Crippen molar-refractivity contribution in [2.45, 2.75) is 30.3 Å². The Morgan fingerprint density at radius 3 is 2.72 bits per heavy atom. The summed E-state index contributed by atoms with van der Waals surface area (Å²) in [6, 6.07) is 3.90. The van der Waals surface area contributed by atoms with Gasteiger partial charge in [-0.3, -0.25) is 0 Å². The first-order valence-electron chi connectivity index (χ1n) is 5.52. The van der Waals surface area contributed by atoms with Crippen LogP contribution in [0.25, 0.3) is 0 Å². The molecule has 0 amide bonds. The average Bonchev–Trinajstić information content (AvgIpc) is 2.37. The second-order valence-corrected chi connectivity index (χ2v) is 5.65. The summed E-state index contributed by atoms with van der Waals surface area (Å²) in [5.74, 6) is 1.30. The van der Waals surface area contributed by atoms with Crippen LogP contribution in [0.5, 0.6) is 0 Å². The topological polar surface area (TPSA) is 64.7 Å². The quantitative estimate of drug-likeness (QED) is 0.878. The third-order valence-electron chi connectivity index (χ3n) is 2.40. The Bertz CT molecular complexity index is 557. The predicted octanol–water partition coefficient (Wildman–Crippen LogP) is 3.24. The molecule has 0 saturated heterocycles. The Balaban J connectivity index is 2.33. The Labute approximate surface area is 119 Å². The highest BCUT2D eigenvalue weighted by molar-refractivity contribution is 9.10. The van der Waals surface area contributed by atoms with Crippen LogP contribution in [0.1, 0.15) is 18.3 Å². The Kier molecular flexibility index (Phi) is 4.19. The van der Waals surface area contributed by atoms with E-state index in [0.717, 1.165) is 32.3 Å². The molecular weight excluding hydrogens is 312 g/mol. The van der Waals surface area contributed by atoms with Crippen molar-refractivity contribution in [2.75, 3.05) is 5.73 Å². The molecule has 0 aromatic carbocycles. The summed E-state index contributed by atoms with van der Waals surface area (Å²) in [6.45, 7) is 3.94. The van der Waals surface area contributed by atoms with Crippen LogP contribution in [0, 0.1) is 6.92 Å². The van der Waals surface area contributed by atoms with Crippen LogP contribution >= 0.6 is 27.7 Å². The number of nitrogens with two attached hydrogens (primary N) is 1. The number of halogens is 1.